The molecule has 3 heterocycles. The van der Waals surface area contributed by atoms with Crippen molar-refractivity contribution in [1.82, 2.24) is 10.1 Å². The minimum absolute atomic E-state index is 0.0705. The maximum Gasteiger partial charge on any atom is 0.231 e. The van der Waals surface area contributed by atoms with Crippen molar-refractivity contribution in [2.45, 2.75) is 6.42 Å². The first-order valence-corrected chi connectivity index (χ1v) is 9.84. The van der Waals surface area contributed by atoms with Crippen LogP contribution < -0.4 is 9.80 Å². The van der Waals surface area contributed by atoms with E-state index in [1.807, 2.05) is 42.5 Å². The standard InChI is InChI=1S/C22H22N4O3/c1-24-18-7-6-15(12-16(18)13-21(24)28)19(27)14-25-8-10-26(11-9-25)22-17-4-2-3-5-20(17)29-23-22/h2-7,12H,8-11,13-14H2,1H3. The highest BCUT2D eigenvalue weighted by Crippen LogP contribution is 2.29. The van der Waals surface area contributed by atoms with Gasteiger partial charge in [0.15, 0.2) is 17.2 Å². The molecular weight excluding hydrogens is 368 g/mol. The second kappa shape index (κ2) is 7.00. The molecule has 2 aliphatic heterocycles. The normalized spacial score (nSPS) is 17.2. The molecule has 0 radical (unpaired) electrons. The fraction of sp³-hybridized carbons (Fsp3) is 0.318. The van der Waals surface area contributed by atoms with Gasteiger partial charge in [-0.1, -0.05) is 17.3 Å². The van der Waals surface area contributed by atoms with Crippen molar-refractivity contribution in [3.8, 4) is 0 Å². The minimum Gasteiger partial charge on any atom is -0.354 e. The summed E-state index contributed by atoms with van der Waals surface area (Å²) < 4.78 is 5.42. The molecule has 1 aromatic heterocycles. The molecule has 0 unspecified atom stereocenters. The lowest BCUT2D eigenvalue weighted by Crippen LogP contribution is -2.48. The van der Waals surface area contributed by atoms with E-state index < -0.39 is 0 Å². The Labute approximate surface area is 168 Å². The van der Waals surface area contributed by atoms with Gasteiger partial charge in [-0.3, -0.25) is 14.5 Å². The van der Waals surface area contributed by atoms with E-state index in [2.05, 4.69) is 15.0 Å². The van der Waals surface area contributed by atoms with Crippen LogP contribution in [0.2, 0.25) is 0 Å². The van der Waals surface area contributed by atoms with E-state index in [0.717, 1.165) is 54.2 Å². The van der Waals surface area contributed by atoms with Crippen molar-refractivity contribution < 1.29 is 14.1 Å². The van der Waals surface area contributed by atoms with Crippen LogP contribution >= 0.6 is 0 Å². The Morgan fingerprint density at radius 1 is 1.10 bits per heavy atom. The molecule has 1 saturated heterocycles. The number of carbonyl (C=O) groups is 2. The first-order valence-electron chi connectivity index (χ1n) is 9.84. The molecule has 7 heteroatoms. The lowest BCUT2D eigenvalue weighted by Gasteiger charge is -2.34. The van der Waals surface area contributed by atoms with E-state index in [-0.39, 0.29) is 11.7 Å². The summed E-state index contributed by atoms with van der Waals surface area (Å²) in [6.07, 6.45) is 0.372. The number of likely N-dealkylation sites (N-methyl/N-ethyl adjacent to an activating group) is 1. The van der Waals surface area contributed by atoms with Crippen molar-refractivity contribution in [2.24, 2.45) is 0 Å². The molecule has 5 rings (SSSR count). The molecule has 0 N–H and O–H groups in total. The van der Waals surface area contributed by atoms with Gasteiger partial charge in [0.2, 0.25) is 5.91 Å². The summed E-state index contributed by atoms with van der Waals surface area (Å²) in [5.74, 6) is 1.04. The summed E-state index contributed by atoms with van der Waals surface area (Å²) in [7, 11) is 1.77. The van der Waals surface area contributed by atoms with Crippen molar-refractivity contribution >= 4 is 34.2 Å². The SMILES string of the molecule is CN1C(=O)Cc2cc(C(=O)CN3CCN(c4noc5ccccc45)CC3)ccc21. The summed E-state index contributed by atoms with van der Waals surface area (Å²) >= 11 is 0. The largest absolute Gasteiger partial charge is 0.354 e. The third-order valence-corrected chi connectivity index (χ3v) is 5.88. The van der Waals surface area contributed by atoms with Crippen LogP contribution in [0.5, 0.6) is 0 Å². The van der Waals surface area contributed by atoms with E-state index >= 15 is 0 Å². The molecule has 1 amide bonds. The Morgan fingerprint density at radius 2 is 1.90 bits per heavy atom. The zero-order chi connectivity index (χ0) is 20.0. The predicted molar refractivity (Wildman–Crippen MR) is 111 cm³/mol. The maximum absolute atomic E-state index is 12.8. The quantitative estimate of drug-likeness (QED) is 0.637. The second-order valence-electron chi connectivity index (χ2n) is 7.66. The van der Waals surface area contributed by atoms with Crippen LogP contribution in [-0.4, -0.2) is 61.5 Å². The highest BCUT2D eigenvalue weighted by Gasteiger charge is 2.26. The van der Waals surface area contributed by atoms with Gasteiger partial charge in [0.1, 0.15) is 0 Å². The Balaban J connectivity index is 1.23. The van der Waals surface area contributed by atoms with Crippen LogP contribution in [0, 0.1) is 0 Å². The Hall–Kier alpha value is -3.19. The van der Waals surface area contributed by atoms with Crippen LogP contribution in [0.25, 0.3) is 11.0 Å². The molecule has 2 aliphatic rings. The minimum atomic E-state index is 0.0705. The van der Waals surface area contributed by atoms with Gasteiger partial charge in [-0.05, 0) is 35.9 Å². The number of Topliss-reactive ketones (excluding diaryl/α,β-unsaturated/α-hetero) is 1. The van der Waals surface area contributed by atoms with Crippen LogP contribution in [0.4, 0.5) is 11.5 Å². The summed E-state index contributed by atoms with van der Waals surface area (Å²) in [5.41, 5.74) is 3.31. The number of benzene rings is 2. The molecule has 0 aliphatic carbocycles. The lowest BCUT2D eigenvalue weighted by atomic mass is 10.0. The van der Waals surface area contributed by atoms with Gasteiger partial charge in [-0.15, -0.1) is 0 Å². The Kier molecular flexibility index (Phi) is 4.32. The van der Waals surface area contributed by atoms with Crippen LogP contribution in [-0.2, 0) is 11.2 Å². The van der Waals surface area contributed by atoms with Crippen molar-refractivity contribution in [2.75, 3.05) is 49.6 Å². The average molecular weight is 390 g/mol. The predicted octanol–water partition coefficient (Wildman–Crippen LogP) is 2.35. The molecule has 0 bridgehead atoms. The fourth-order valence-corrected chi connectivity index (χ4v) is 4.16. The number of fused-ring (bicyclic) bond motifs is 2. The van der Waals surface area contributed by atoms with Crippen molar-refractivity contribution in [1.29, 1.82) is 0 Å². The molecule has 148 valence electrons. The number of aromatic nitrogens is 1. The molecule has 0 spiro atoms. The number of rotatable bonds is 4. The molecule has 0 saturated carbocycles. The number of amides is 1. The third-order valence-electron chi connectivity index (χ3n) is 5.88. The van der Waals surface area contributed by atoms with Gasteiger partial charge in [0, 0.05) is 44.5 Å². The second-order valence-corrected chi connectivity index (χ2v) is 7.66. The van der Waals surface area contributed by atoms with E-state index in [4.69, 9.17) is 4.52 Å². The number of piperazine rings is 1. The van der Waals surface area contributed by atoms with Crippen molar-refractivity contribution in [3.63, 3.8) is 0 Å². The van der Waals surface area contributed by atoms with Crippen molar-refractivity contribution in [3.05, 3.63) is 53.6 Å². The number of ketones is 1. The smallest absolute Gasteiger partial charge is 0.231 e. The molecule has 7 nitrogen and oxygen atoms in total. The van der Waals surface area contributed by atoms with Gasteiger partial charge >= 0.3 is 0 Å². The summed E-state index contributed by atoms with van der Waals surface area (Å²) in [6, 6.07) is 13.4. The topological polar surface area (TPSA) is 69.9 Å². The molecular formula is C22H22N4O3. The number of anilines is 2. The lowest BCUT2D eigenvalue weighted by molar-refractivity contribution is -0.117. The molecule has 2 aromatic carbocycles. The van der Waals surface area contributed by atoms with E-state index in [9.17, 15) is 9.59 Å². The summed E-state index contributed by atoms with van der Waals surface area (Å²) in [6.45, 7) is 3.56. The molecule has 0 atom stereocenters. The maximum atomic E-state index is 12.8. The van der Waals surface area contributed by atoms with Crippen LogP contribution in [0.3, 0.4) is 0 Å². The summed E-state index contributed by atoms with van der Waals surface area (Å²) in [4.78, 5) is 30.7. The third kappa shape index (κ3) is 3.17. The number of hydrogen-bond acceptors (Lipinski definition) is 6. The van der Waals surface area contributed by atoms with Crippen LogP contribution in [0.1, 0.15) is 15.9 Å². The number of hydrogen-bond donors (Lipinski definition) is 0. The first kappa shape index (κ1) is 17.9. The monoisotopic (exact) mass is 390 g/mol. The molecule has 1 fully saturated rings. The van der Waals surface area contributed by atoms with E-state index in [1.165, 1.54) is 0 Å². The summed E-state index contributed by atoms with van der Waals surface area (Å²) in [5, 5.41) is 5.25. The Bertz CT molecular complexity index is 1100. The number of nitrogens with zero attached hydrogens (tertiary/aromatic N) is 4. The zero-order valence-corrected chi connectivity index (χ0v) is 16.3. The number of carbonyl (C=O) groups excluding carboxylic acids is 2. The van der Waals surface area contributed by atoms with E-state index in [1.54, 1.807) is 11.9 Å². The van der Waals surface area contributed by atoms with Crippen LogP contribution in [0.15, 0.2) is 47.0 Å². The molecule has 3 aromatic rings. The fourth-order valence-electron chi connectivity index (χ4n) is 4.16. The number of para-hydroxylation sites is 1. The van der Waals surface area contributed by atoms with Gasteiger partial charge in [0.25, 0.3) is 0 Å². The van der Waals surface area contributed by atoms with Gasteiger partial charge in [-0.25, -0.2) is 0 Å². The average Bonchev–Trinajstić information content (AvgIpc) is 3.29. The highest BCUT2D eigenvalue weighted by molar-refractivity contribution is 6.03. The first-order chi connectivity index (χ1) is 14.1. The van der Waals surface area contributed by atoms with Gasteiger partial charge in [-0.2, -0.15) is 0 Å². The van der Waals surface area contributed by atoms with Gasteiger partial charge in [0.05, 0.1) is 18.4 Å². The van der Waals surface area contributed by atoms with Gasteiger partial charge < -0.3 is 14.3 Å². The Morgan fingerprint density at radius 3 is 2.72 bits per heavy atom. The highest BCUT2D eigenvalue weighted by atomic mass is 16.5. The molecule has 29 heavy (non-hydrogen) atoms. The zero-order valence-electron chi connectivity index (χ0n) is 16.3. The van der Waals surface area contributed by atoms with E-state index in [0.29, 0.717) is 18.5 Å².